The number of rotatable bonds is 4. The Hall–Kier alpha value is -1.52. The summed E-state index contributed by atoms with van der Waals surface area (Å²) in [5.41, 5.74) is 7.00. The molecule has 108 valence electrons. The van der Waals surface area contributed by atoms with Gasteiger partial charge in [-0.2, -0.15) is 0 Å². The van der Waals surface area contributed by atoms with Crippen LogP contribution in [0.25, 0.3) is 0 Å². The van der Waals surface area contributed by atoms with E-state index in [0.717, 1.165) is 0 Å². The lowest BCUT2D eigenvalue weighted by Crippen LogP contribution is -2.36. The number of halogens is 1. The van der Waals surface area contributed by atoms with E-state index in [1.807, 2.05) is 30.2 Å². The minimum Gasteiger partial charge on any atom is -0.399 e. The van der Waals surface area contributed by atoms with Crippen LogP contribution in [0.3, 0.4) is 0 Å². The number of carbonyl (C=O) groups is 1. The molecule has 0 aliphatic carbocycles. The van der Waals surface area contributed by atoms with Gasteiger partial charge in [0.1, 0.15) is 0 Å². The molecule has 0 atom stereocenters. The second-order valence-electron chi connectivity index (χ2n) is 4.73. The van der Waals surface area contributed by atoms with Crippen LogP contribution in [0.5, 0.6) is 0 Å². The number of amides is 1. The zero-order chi connectivity index (χ0) is 13.8. The number of carbonyl (C=O) groups excluding carboxylic acids is 1. The van der Waals surface area contributed by atoms with E-state index in [4.69, 9.17) is 5.73 Å². The van der Waals surface area contributed by atoms with Gasteiger partial charge in [-0.25, -0.2) is 0 Å². The van der Waals surface area contributed by atoms with E-state index in [0.29, 0.717) is 17.8 Å². The molecule has 0 fully saturated rings. The predicted molar refractivity (Wildman–Crippen MR) is 87.4 cm³/mol. The summed E-state index contributed by atoms with van der Waals surface area (Å²) in [4.78, 5) is 15.6. The molecule has 1 aromatic carbocycles. The van der Waals surface area contributed by atoms with Crippen molar-refractivity contribution < 1.29 is 4.79 Å². The molecule has 2 rings (SSSR count). The third-order valence-electron chi connectivity index (χ3n) is 2.95. The summed E-state index contributed by atoms with van der Waals surface area (Å²) in [5, 5.41) is 2.03. The number of nitrogen functional groups attached to an aromatic ring is 1. The van der Waals surface area contributed by atoms with Gasteiger partial charge in [0.15, 0.2) is 0 Å². The smallest absolute Gasteiger partial charge is 0.254 e. The van der Waals surface area contributed by atoms with Crippen LogP contribution >= 0.6 is 23.7 Å². The highest BCUT2D eigenvalue weighted by molar-refractivity contribution is 7.09. The minimum atomic E-state index is 0. The normalized spacial score (nSPS) is 10.2. The van der Waals surface area contributed by atoms with Crippen molar-refractivity contribution in [3.63, 3.8) is 0 Å². The maximum atomic E-state index is 12.5. The molecule has 0 unspecified atom stereocenters. The summed E-state index contributed by atoms with van der Waals surface area (Å²) < 4.78 is 0. The van der Waals surface area contributed by atoms with E-state index in [9.17, 15) is 4.79 Å². The number of nitrogens with zero attached hydrogens (tertiary/aromatic N) is 1. The summed E-state index contributed by atoms with van der Waals surface area (Å²) in [6, 6.07) is 11.3. The maximum Gasteiger partial charge on any atom is 0.254 e. The van der Waals surface area contributed by atoms with Crippen molar-refractivity contribution in [2.45, 2.75) is 26.4 Å². The topological polar surface area (TPSA) is 46.3 Å². The minimum absolute atomic E-state index is 0. The molecule has 1 heterocycles. The first-order valence-electron chi connectivity index (χ1n) is 6.27. The van der Waals surface area contributed by atoms with Crippen molar-refractivity contribution in [3.8, 4) is 0 Å². The van der Waals surface area contributed by atoms with Crippen LogP contribution in [-0.4, -0.2) is 16.8 Å². The second-order valence-corrected chi connectivity index (χ2v) is 5.76. The maximum absolute atomic E-state index is 12.5. The quantitative estimate of drug-likeness (QED) is 0.873. The molecule has 0 aliphatic rings. The molecule has 0 saturated carbocycles. The third-order valence-corrected chi connectivity index (χ3v) is 3.81. The highest BCUT2D eigenvalue weighted by atomic mass is 35.5. The Morgan fingerprint density at radius 1 is 1.25 bits per heavy atom. The molecule has 3 nitrogen and oxygen atoms in total. The van der Waals surface area contributed by atoms with Crippen LogP contribution in [0.15, 0.2) is 41.8 Å². The molecule has 0 spiro atoms. The fourth-order valence-corrected chi connectivity index (χ4v) is 2.55. The van der Waals surface area contributed by atoms with E-state index in [-0.39, 0.29) is 24.4 Å². The van der Waals surface area contributed by atoms with Crippen LogP contribution in [0, 0.1) is 0 Å². The lowest BCUT2D eigenvalue weighted by molar-refractivity contribution is 0.0692. The Kier molecular flexibility index (Phi) is 6.05. The molecule has 2 N–H and O–H groups in total. The molecule has 20 heavy (non-hydrogen) atoms. The van der Waals surface area contributed by atoms with Crippen molar-refractivity contribution in [2.24, 2.45) is 0 Å². The van der Waals surface area contributed by atoms with Crippen molar-refractivity contribution in [2.75, 3.05) is 5.73 Å². The van der Waals surface area contributed by atoms with Crippen molar-refractivity contribution in [1.29, 1.82) is 0 Å². The predicted octanol–water partition coefficient (Wildman–Crippen LogP) is 3.80. The number of benzene rings is 1. The van der Waals surface area contributed by atoms with E-state index in [2.05, 4.69) is 6.07 Å². The largest absolute Gasteiger partial charge is 0.399 e. The standard InChI is InChI=1S/C15H18N2OS.ClH/c1-11(2)17(10-14-4-3-9-19-14)15(18)12-5-7-13(16)8-6-12;/h3-9,11H,10,16H2,1-2H3;1H. The highest BCUT2D eigenvalue weighted by Crippen LogP contribution is 2.17. The molecule has 0 saturated heterocycles. The van der Waals surface area contributed by atoms with Gasteiger partial charge in [0, 0.05) is 22.2 Å². The summed E-state index contributed by atoms with van der Waals surface area (Å²) in [5.74, 6) is 0.0448. The van der Waals surface area contributed by atoms with Crippen molar-refractivity contribution in [1.82, 2.24) is 4.90 Å². The van der Waals surface area contributed by atoms with Gasteiger partial charge in [-0.3, -0.25) is 4.79 Å². The Bertz CT molecular complexity index is 538. The Labute approximate surface area is 129 Å². The van der Waals surface area contributed by atoms with Gasteiger partial charge < -0.3 is 10.6 Å². The monoisotopic (exact) mass is 310 g/mol. The fraction of sp³-hybridized carbons (Fsp3) is 0.267. The molecule has 0 radical (unpaired) electrons. The molecule has 5 heteroatoms. The van der Waals surface area contributed by atoms with Gasteiger partial charge in [-0.05, 0) is 49.6 Å². The number of hydrogen-bond acceptors (Lipinski definition) is 3. The third kappa shape index (κ3) is 3.99. The zero-order valence-electron chi connectivity index (χ0n) is 11.6. The first kappa shape index (κ1) is 16.5. The lowest BCUT2D eigenvalue weighted by atomic mass is 10.1. The van der Waals surface area contributed by atoms with E-state index >= 15 is 0 Å². The van der Waals surface area contributed by atoms with Gasteiger partial charge in [-0.1, -0.05) is 6.07 Å². The molecule has 0 bridgehead atoms. The first-order valence-corrected chi connectivity index (χ1v) is 7.15. The van der Waals surface area contributed by atoms with Crippen molar-refractivity contribution in [3.05, 3.63) is 52.2 Å². The zero-order valence-corrected chi connectivity index (χ0v) is 13.2. The fourth-order valence-electron chi connectivity index (χ4n) is 1.85. The first-order chi connectivity index (χ1) is 9.08. The van der Waals surface area contributed by atoms with Gasteiger partial charge in [0.05, 0.1) is 6.54 Å². The van der Waals surface area contributed by atoms with Gasteiger partial charge in [-0.15, -0.1) is 23.7 Å². The van der Waals surface area contributed by atoms with E-state index < -0.39 is 0 Å². The van der Waals surface area contributed by atoms with E-state index in [1.165, 1.54) is 4.88 Å². The van der Waals surface area contributed by atoms with Crippen LogP contribution in [-0.2, 0) is 6.54 Å². The second kappa shape index (κ2) is 7.31. The highest BCUT2D eigenvalue weighted by Gasteiger charge is 2.19. The van der Waals surface area contributed by atoms with Gasteiger partial charge in [0.2, 0.25) is 0 Å². The van der Waals surface area contributed by atoms with Crippen LogP contribution in [0.4, 0.5) is 5.69 Å². The number of thiophene rings is 1. The van der Waals surface area contributed by atoms with Crippen LogP contribution < -0.4 is 5.73 Å². The average molecular weight is 311 g/mol. The SMILES string of the molecule is CC(C)N(Cc1cccs1)C(=O)c1ccc(N)cc1.Cl. The van der Waals surface area contributed by atoms with E-state index in [1.54, 1.807) is 35.6 Å². The summed E-state index contributed by atoms with van der Waals surface area (Å²) in [6.07, 6.45) is 0. The number of hydrogen-bond donors (Lipinski definition) is 1. The molecular formula is C15H19ClN2OS. The lowest BCUT2D eigenvalue weighted by Gasteiger charge is -2.26. The summed E-state index contributed by atoms with van der Waals surface area (Å²) in [7, 11) is 0. The average Bonchev–Trinajstić information content (AvgIpc) is 2.88. The summed E-state index contributed by atoms with van der Waals surface area (Å²) >= 11 is 1.67. The molecule has 2 aromatic rings. The Morgan fingerprint density at radius 3 is 2.40 bits per heavy atom. The molecular weight excluding hydrogens is 292 g/mol. The Balaban J connectivity index is 0.00000200. The summed E-state index contributed by atoms with van der Waals surface area (Å²) in [6.45, 7) is 4.71. The number of nitrogens with two attached hydrogens (primary N) is 1. The number of anilines is 1. The molecule has 0 aliphatic heterocycles. The van der Waals surface area contributed by atoms with Crippen LogP contribution in [0.1, 0.15) is 29.1 Å². The van der Waals surface area contributed by atoms with Gasteiger partial charge >= 0.3 is 0 Å². The van der Waals surface area contributed by atoms with Gasteiger partial charge in [0.25, 0.3) is 5.91 Å². The molecule has 1 amide bonds. The Morgan fingerprint density at radius 2 is 1.90 bits per heavy atom. The van der Waals surface area contributed by atoms with Crippen LogP contribution in [0.2, 0.25) is 0 Å². The van der Waals surface area contributed by atoms with Crippen molar-refractivity contribution >= 4 is 35.3 Å². The molecule has 1 aromatic heterocycles.